The summed E-state index contributed by atoms with van der Waals surface area (Å²) in [7, 11) is -3.37. The molecule has 1 amide bonds. The van der Waals surface area contributed by atoms with Crippen LogP contribution in [0.15, 0.2) is 29.2 Å². The highest BCUT2D eigenvalue weighted by molar-refractivity contribution is 7.90. The number of aliphatic hydroxyl groups is 1. The molecule has 2 atom stereocenters. The molecule has 0 heterocycles. The van der Waals surface area contributed by atoms with Crippen LogP contribution in [0.5, 0.6) is 0 Å². The maximum absolute atomic E-state index is 13.3. The summed E-state index contributed by atoms with van der Waals surface area (Å²) in [5.41, 5.74) is 0.278. The average Bonchev–Trinajstić information content (AvgIpc) is 2.58. The molecule has 1 rings (SSSR count). The van der Waals surface area contributed by atoms with Crippen LogP contribution in [0.25, 0.3) is 0 Å². The van der Waals surface area contributed by atoms with Crippen molar-refractivity contribution in [3.63, 3.8) is 0 Å². The van der Waals surface area contributed by atoms with Crippen LogP contribution < -0.4 is 5.32 Å². The molecule has 142 valence electrons. The van der Waals surface area contributed by atoms with Gasteiger partial charge in [-0.25, -0.2) is 12.8 Å². The van der Waals surface area contributed by atoms with E-state index >= 15 is 0 Å². The molecule has 2 N–H and O–H groups in total. The van der Waals surface area contributed by atoms with E-state index in [0.29, 0.717) is 0 Å². The number of alkyl halides is 1. The maximum atomic E-state index is 13.3. The summed E-state index contributed by atoms with van der Waals surface area (Å²) in [5, 5.41) is 12.6. The Bertz CT molecular complexity index is 643. The minimum atomic E-state index is -3.37. The van der Waals surface area contributed by atoms with Gasteiger partial charge in [-0.2, -0.15) is 0 Å². The summed E-state index contributed by atoms with van der Waals surface area (Å²) in [5.74, 6) is -0.696. The first-order valence-corrected chi connectivity index (χ1v) is 9.71. The molecular weight excluding hydrogens is 353 g/mol. The maximum Gasteiger partial charge on any atom is 0.277 e. The molecule has 0 spiro atoms. The highest BCUT2D eigenvalue weighted by atomic mass is 32.2. The van der Waals surface area contributed by atoms with Crippen LogP contribution in [0.1, 0.15) is 25.5 Å². The second-order valence-corrected chi connectivity index (χ2v) is 7.31. The number of rotatable bonds is 10. The molecule has 0 aliphatic heterocycles. The fourth-order valence-corrected chi connectivity index (χ4v) is 2.73. The topological polar surface area (TPSA) is 102 Å². The minimum absolute atomic E-state index is 0.0806. The zero-order valence-electron chi connectivity index (χ0n) is 14.4. The van der Waals surface area contributed by atoms with Crippen LogP contribution in [0.2, 0.25) is 0 Å². The predicted molar refractivity (Wildman–Crippen MR) is 89.5 cm³/mol. The van der Waals surface area contributed by atoms with Crippen molar-refractivity contribution in [2.75, 3.05) is 26.1 Å². The van der Waals surface area contributed by atoms with Gasteiger partial charge in [-0.05, 0) is 31.5 Å². The van der Waals surface area contributed by atoms with E-state index in [1.54, 1.807) is 13.8 Å². The minimum Gasteiger partial charge on any atom is -0.386 e. The lowest BCUT2D eigenvalue weighted by molar-refractivity contribution is -0.171. The molecule has 1 aromatic rings. The Hall–Kier alpha value is -1.55. The molecule has 1 aromatic carbocycles. The fourth-order valence-electron chi connectivity index (χ4n) is 2.10. The Balaban J connectivity index is 2.86. The van der Waals surface area contributed by atoms with Gasteiger partial charge in [0.25, 0.3) is 5.91 Å². The number of carbonyl (C=O) groups is 1. The summed E-state index contributed by atoms with van der Waals surface area (Å²) in [4.78, 5) is 12.2. The lowest BCUT2D eigenvalue weighted by atomic mass is 10.0. The Morgan fingerprint density at radius 1 is 1.20 bits per heavy atom. The number of halogens is 1. The summed E-state index contributed by atoms with van der Waals surface area (Å²) < 4.78 is 46.4. The van der Waals surface area contributed by atoms with Crippen molar-refractivity contribution in [1.82, 2.24) is 5.32 Å². The second kappa shape index (κ2) is 9.81. The van der Waals surface area contributed by atoms with Crippen molar-refractivity contribution in [2.24, 2.45) is 0 Å². The van der Waals surface area contributed by atoms with Crippen molar-refractivity contribution in [2.45, 2.75) is 37.2 Å². The van der Waals surface area contributed by atoms with E-state index in [9.17, 15) is 22.7 Å². The molecule has 0 saturated carbocycles. The number of amides is 1. The van der Waals surface area contributed by atoms with Gasteiger partial charge in [0.15, 0.2) is 9.84 Å². The van der Waals surface area contributed by atoms with Crippen LogP contribution in [0.3, 0.4) is 0 Å². The van der Waals surface area contributed by atoms with Crippen molar-refractivity contribution < 1.29 is 32.2 Å². The zero-order valence-corrected chi connectivity index (χ0v) is 15.3. The SMILES string of the molecule is CCOC(OCC)C(=O)N[C@H](CF)[C@H](O)c1ccc(S(C)(=O)=O)cc1. The molecule has 25 heavy (non-hydrogen) atoms. The summed E-state index contributed by atoms with van der Waals surface area (Å²) >= 11 is 0. The standard InChI is InChI=1S/C16H24FNO6S/c1-4-23-16(24-5-2)15(20)18-13(10-17)14(19)11-6-8-12(9-7-11)25(3,21)22/h6-9,13-14,16,19H,4-5,10H2,1-3H3,(H,18,20)/t13-,14-/m1/s1. The van der Waals surface area contributed by atoms with Gasteiger partial charge in [0.2, 0.25) is 6.29 Å². The van der Waals surface area contributed by atoms with Crippen LogP contribution in [-0.2, 0) is 24.1 Å². The molecule has 9 heteroatoms. The zero-order chi connectivity index (χ0) is 19.0. The number of ether oxygens (including phenoxy) is 2. The smallest absolute Gasteiger partial charge is 0.277 e. The Labute approximate surface area is 147 Å². The van der Waals surface area contributed by atoms with E-state index in [0.717, 1.165) is 6.26 Å². The van der Waals surface area contributed by atoms with Gasteiger partial charge in [-0.1, -0.05) is 12.1 Å². The molecule has 0 aliphatic rings. The van der Waals surface area contributed by atoms with Gasteiger partial charge >= 0.3 is 0 Å². The van der Waals surface area contributed by atoms with Crippen molar-refractivity contribution in [1.29, 1.82) is 0 Å². The number of nitrogens with one attached hydrogen (secondary N) is 1. The number of sulfone groups is 1. The first kappa shape index (κ1) is 21.5. The van der Waals surface area contributed by atoms with E-state index in [1.807, 2.05) is 0 Å². The molecule has 0 saturated heterocycles. The number of aliphatic hydroxyl groups excluding tert-OH is 1. The third kappa shape index (κ3) is 6.35. The molecule has 7 nitrogen and oxygen atoms in total. The number of hydrogen-bond acceptors (Lipinski definition) is 6. The molecular formula is C16H24FNO6S. The Morgan fingerprint density at radius 2 is 1.72 bits per heavy atom. The first-order valence-electron chi connectivity index (χ1n) is 7.82. The monoisotopic (exact) mass is 377 g/mol. The van der Waals surface area contributed by atoms with E-state index < -0.39 is 40.9 Å². The molecule has 0 radical (unpaired) electrons. The summed E-state index contributed by atoms with van der Waals surface area (Å²) in [6.45, 7) is 2.81. The molecule has 0 fully saturated rings. The highest BCUT2D eigenvalue weighted by Crippen LogP contribution is 2.20. The lowest BCUT2D eigenvalue weighted by Gasteiger charge is -2.24. The molecule has 0 bridgehead atoms. The van der Waals surface area contributed by atoms with Crippen LogP contribution in [0.4, 0.5) is 4.39 Å². The van der Waals surface area contributed by atoms with Crippen molar-refractivity contribution in [3.8, 4) is 0 Å². The van der Waals surface area contributed by atoms with Crippen molar-refractivity contribution in [3.05, 3.63) is 29.8 Å². The number of hydrogen-bond donors (Lipinski definition) is 2. The normalized spacial score (nSPS) is 14.3. The third-order valence-corrected chi connectivity index (χ3v) is 4.50. The van der Waals surface area contributed by atoms with E-state index in [4.69, 9.17) is 9.47 Å². The lowest BCUT2D eigenvalue weighted by Crippen LogP contribution is -2.47. The molecule has 0 aliphatic carbocycles. The summed E-state index contributed by atoms with van der Waals surface area (Å²) in [6, 6.07) is 4.15. The molecule has 0 aromatic heterocycles. The van der Waals surface area contributed by atoms with E-state index in [1.165, 1.54) is 24.3 Å². The highest BCUT2D eigenvalue weighted by Gasteiger charge is 2.27. The predicted octanol–water partition coefficient (Wildman–Crippen LogP) is 0.977. The Kier molecular flexibility index (Phi) is 8.43. The average molecular weight is 377 g/mol. The van der Waals surface area contributed by atoms with Crippen molar-refractivity contribution >= 4 is 15.7 Å². The van der Waals surface area contributed by atoms with Crippen LogP contribution in [-0.4, -0.2) is 57.9 Å². The third-order valence-electron chi connectivity index (χ3n) is 3.37. The van der Waals surface area contributed by atoms with E-state index in [2.05, 4.69) is 5.32 Å². The first-order chi connectivity index (χ1) is 11.7. The second-order valence-electron chi connectivity index (χ2n) is 5.30. The fraction of sp³-hybridized carbons (Fsp3) is 0.562. The number of benzene rings is 1. The van der Waals surface area contributed by atoms with E-state index in [-0.39, 0.29) is 23.7 Å². The van der Waals surface area contributed by atoms with Gasteiger partial charge in [-0.3, -0.25) is 4.79 Å². The van der Waals surface area contributed by atoms with Gasteiger partial charge in [0.1, 0.15) is 12.8 Å². The Morgan fingerprint density at radius 3 is 2.12 bits per heavy atom. The summed E-state index contributed by atoms with van der Waals surface area (Å²) in [6.07, 6.45) is -1.49. The van der Waals surface area contributed by atoms with Gasteiger partial charge in [-0.15, -0.1) is 0 Å². The largest absolute Gasteiger partial charge is 0.386 e. The quantitative estimate of drug-likeness (QED) is 0.589. The molecule has 0 unspecified atom stereocenters. The van der Waals surface area contributed by atoms with Crippen LogP contribution in [0, 0.1) is 0 Å². The van der Waals surface area contributed by atoms with Crippen LogP contribution >= 0.6 is 0 Å². The number of carbonyl (C=O) groups excluding carboxylic acids is 1. The van der Waals surface area contributed by atoms with Gasteiger partial charge in [0.05, 0.1) is 10.9 Å². The van der Waals surface area contributed by atoms with Gasteiger partial charge in [0, 0.05) is 19.5 Å². The van der Waals surface area contributed by atoms with Gasteiger partial charge < -0.3 is 19.9 Å².